The largest absolute Gasteiger partial charge is 0.479 e. The molecule has 2 fully saturated rings. The molecule has 8 heteroatoms. The van der Waals surface area contributed by atoms with E-state index in [1.165, 1.54) is 13.2 Å². The summed E-state index contributed by atoms with van der Waals surface area (Å²) >= 11 is 0. The predicted octanol–water partition coefficient (Wildman–Crippen LogP) is 1.73. The first kappa shape index (κ1) is 17.5. The Bertz CT molecular complexity index is 827. The van der Waals surface area contributed by atoms with Crippen LogP contribution >= 0.6 is 0 Å². The van der Waals surface area contributed by atoms with Gasteiger partial charge in [0.15, 0.2) is 0 Å². The Hall–Kier alpha value is -2.90. The fraction of sp³-hybridized carbons (Fsp3) is 0.474. The smallest absolute Gasteiger partial charge is 0.292 e. The molecular formula is C19H22N4O4. The number of hydrogen-bond acceptors (Lipinski definition) is 6. The summed E-state index contributed by atoms with van der Waals surface area (Å²) in [4.78, 5) is 32.9. The molecule has 2 aromatic heterocycles. The van der Waals surface area contributed by atoms with Crippen LogP contribution < -0.4 is 4.74 Å². The van der Waals surface area contributed by atoms with Crippen LogP contribution in [0.15, 0.2) is 35.1 Å². The lowest BCUT2D eigenvalue weighted by Gasteiger charge is -2.38. The summed E-state index contributed by atoms with van der Waals surface area (Å²) in [7, 11) is 1.48. The van der Waals surface area contributed by atoms with Crippen molar-refractivity contribution in [3.8, 4) is 5.88 Å². The molecule has 2 aliphatic rings. The van der Waals surface area contributed by atoms with Crippen molar-refractivity contribution in [3.63, 3.8) is 0 Å². The Morgan fingerprint density at radius 1 is 1.37 bits per heavy atom. The van der Waals surface area contributed by atoms with Crippen molar-refractivity contribution in [2.24, 2.45) is 5.41 Å². The summed E-state index contributed by atoms with van der Waals surface area (Å²) < 4.78 is 10.0. The number of hydrogen-bond donors (Lipinski definition) is 0. The number of rotatable bonds is 4. The summed E-state index contributed by atoms with van der Waals surface area (Å²) in [5.74, 6) is 0.471. The van der Waals surface area contributed by atoms with Crippen LogP contribution in [0, 0.1) is 5.41 Å². The van der Waals surface area contributed by atoms with Gasteiger partial charge in [0, 0.05) is 50.4 Å². The first-order valence-electron chi connectivity index (χ1n) is 9.05. The van der Waals surface area contributed by atoms with Crippen LogP contribution in [0.3, 0.4) is 0 Å². The van der Waals surface area contributed by atoms with Crippen LogP contribution in [0.2, 0.25) is 0 Å². The molecule has 4 rings (SSSR count). The third-order valence-corrected chi connectivity index (χ3v) is 5.52. The number of ether oxygens (including phenoxy) is 1. The summed E-state index contributed by atoms with van der Waals surface area (Å²) in [5.41, 5.74) is 0.990. The van der Waals surface area contributed by atoms with Crippen LogP contribution in [0.1, 0.15) is 35.4 Å². The number of aromatic nitrogens is 2. The van der Waals surface area contributed by atoms with Gasteiger partial charge in [0.05, 0.1) is 13.2 Å². The summed E-state index contributed by atoms with van der Waals surface area (Å²) in [5, 5.41) is 3.68. The van der Waals surface area contributed by atoms with Crippen molar-refractivity contribution in [1.29, 1.82) is 0 Å². The van der Waals surface area contributed by atoms with Crippen molar-refractivity contribution < 1.29 is 18.8 Å². The zero-order chi connectivity index (χ0) is 18.9. The second kappa shape index (κ2) is 7.02. The van der Waals surface area contributed by atoms with Gasteiger partial charge in [0.1, 0.15) is 0 Å². The number of carbonyl (C=O) groups is 2. The molecule has 0 aromatic carbocycles. The standard InChI is InChI=1S/C19H22N4O4/c1-26-16-9-15(27-21-16)18(25)22-7-4-19(5-8-22)10-17(24)23(13-19)12-14-3-2-6-20-11-14/h2-3,6,9,11H,4-5,7-8,10,12-13H2,1H3. The van der Waals surface area contributed by atoms with Crippen molar-refractivity contribution >= 4 is 11.8 Å². The molecule has 2 saturated heterocycles. The molecule has 0 aliphatic carbocycles. The lowest BCUT2D eigenvalue weighted by Crippen LogP contribution is -2.44. The maximum Gasteiger partial charge on any atom is 0.292 e. The van der Waals surface area contributed by atoms with Crippen LogP contribution in [0.4, 0.5) is 0 Å². The molecule has 0 atom stereocenters. The minimum absolute atomic E-state index is 0.0465. The van der Waals surface area contributed by atoms with Crippen LogP contribution in [0.5, 0.6) is 5.88 Å². The van der Waals surface area contributed by atoms with E-state index in [9.17, 15) is 9.59 Å². The Balaban J connectivity index is 1.37. The monoisotopic (exact) mass is 370 g/mol. The summed E-state index contributed by atoms with van der Waals surface area (Å²) in [6.45, 7) is 2.54. The molecule has 4 heterocycles. The quantitative estimate of drug-likeness (QED) is 0.814. The van der Waals surface area contributed by atoms with E-state index in [2.05, 4.69) is 10.1 Å². The van der Waals surface area contributed by atoms with Crippen LogP contribution in [-0.4, -0.2) is 58.5 Å². The topological polar surface area (TPSA) is 88.8 Å². The van der Waals surface area contributed by atoms with E-state index in [0.717, 1.165) is 24.9 Å². The van der Waals surface area contributed by atoms with E-state index < -0.39 is 0 Å². The van der Waals surface area contributed by atoms with E-state index in [-0.39, 0.29) is 23.0 Å². The highest BCUT2D eigenvalue weighted by Crippen LogP contribution is 2.41. The highest BCUT2D eigenvalue weighted by atomic mass is 16.5. The van der Waals surface area contributed by atoms with Gasteiger partial charge in [-0.2, -0.15) is 0 Å². The minimum atomic E-state index is -0.183. The molecule has 0 N–H and O–H groups in total. The van der Waals surface area contributed by atoms with Gasteiger partial charge in [0.25, 0.3) is 11.8 Å². The molecule has 2 amide bonds. The molecule has 8 nitrogen and oxygen atoms in total. The van der Waals surface area contributed by atoms with Crippen molar-refractivity contribution in [1.82, 2.24) is 19.9 Å². The van der Waals surface area contributed by atoms with Gasteiger partial charge in [-0.3, -0.25) is 14.6 Å². The molecule has 2 aliphatic heterocycles. The predicted molar refractivity (Wildman–Crippen MR) is 94.9 cm³/mol. The molecule has 0 bridgehead atoms. The van der Waals surface area contributed by atoms with Gasteiger partial charge in [0.2, 0.25) is 11.7 Å². The molecule has 2 aromatic rings. The highest BCUT2D eigenvalue weighted by Gasteiger charge is 2.45. The number of carbonyl (C=O) groups excluding carboxylic acids is 2. The van der Waals surface area contributed by atoms with Gasteiger partial charge < -0.3 is 19.1 Å². The highest BCUT2D eigenvalue weighted by molar-refractivity contribution is 5.91. The molecule has 0 radical (unpaired) electrons. The van der Waals surface area contributed by atoms with E-state index in [4.69, 9.17) is 9.26 Å². The van der Waals surface area contributed by atoms with Crippen molar-refractivity contribution in [3.05, 3.63) is 41.9 Å². The maximum absolute atomic E-state index is 12.6. The van der Waals surface area contributed by atoms with Crippen LogP contribution in [-0.2, 0) is 11.3 Å². The second-order valence-corrected chi connectivity index (χ2v) is 7.31. The second-order valence-electron chi connectivity index (χ2n) is 7.31. The van der Waals surface area contributed by atoms with E-state index in [1.807, 2.05) is 17.0 Å². The molecule has 142 valence electrons. The molecule has 0 saturated carbocycles. The van der Waals surface area contributed by atoms with Crippen molar-refractivity contribution in [2.75, 3.05) is 26.7 Å². The molecule has 0 unspecified atom stereocenters. The summed E-state index contributed by atoms with van der Waals surface area (Å²) in [6.07, 6.45) is 5.68. The SMILES string of the molecule is COc1cc(C(=O)N2CCC3(CC2)CC(=O)N(Cc2cccnc2)C3)on1. The van der Waals surface area contributed by atoms with Crippen molar-refractivity contribution in [2.45, 2.75) is 25.8 Å². The zero-order valence-corrected chi connectivity index (χ0v) is 15.3. The van der Waals surface area contributed by atoms with E-state index in [1.54, 1.807) is 17.3 Å². The van der Waals surface area contributed by atoms with Gasteiger partial charge in [-0.05, 0) is 29.6 Å². The lowest BCUT2D eigenvalue weighted by molar-refractivity contribution is -0.128. The number of piperidine rings is 1. The molecule has 1 spiro atoms. The number of nitrogens with zero attached hydrogens (tertiary/aromatic N) is 4. The third kappa shape index (κ3) is 3.51. The Morgan fingerprint density at radius 3 is 2.85 bits per heavy atom. The minimum Gasteiger partial charge on any atom is -0.479 e. The first-order valence-corrected chi connectivity index (χ1v) is 9.05. The van der Waals surface area contributed by atoms with Gasteiger partial charge >= 0.3 is 0 Å². The fourth-order valence-corrected chi connectivity index (χ4v) is 3.97. The number of likely N-dealkylation sites (tertiary alicyclic amines) is 2. The van der Waals surface area contributed by atoms with E-state index >= 15 is 0 Å². The average Bonchev–Trinajstić information content (AvgIpc) is 3.28. The normalized spacial score (nSPS) is 18.9. The summed E-state index contributed by atoms with van der Waals surface area (Å²) in [6, 6.07) is 5.37. The lowest BCUT2D eigenvalue weighted by atomic mass is 9.77. The van der Waals surface area contributed by atoms with Gasteiger partial charge in [-0.25, -0.2) is 0 Å². The van der Waals surface area contributed by atoms with Gasteiger partial charge in [-0.1, -0.05) is 6.07 Å². The number of pyridine rings is 1. The number of methoxy groups -OCH3 is 1. The number of amides is 2. The molecular weight excluding hydrogens is 348 g/mol. The average molecular weight is 370 g/mol. The first-order chi connectivity index (χ1) is 13.1. The fourth-order valence-electron chi connectivity index (χ4n) is 3.97. The Kier molecular flexibility index (Phi) is 4.55. The van der Waals surface area contributed by atoms with E-state index in [0.29, 0.717) is 31.9 Å². The zero-order valence-electron chi connectivity index (χ0n) is 15.3. The maximum atomic E-state index is 12.6. The molecule has 27 heavy (non-hydrogen) atoms. The third-order valence-electron chi connectivity index (χ3n) is 5.52. The van der Waals surface area contributed by atoms with Crippen LogP contribution in [0.25, 0.3) is 0 Å². The van der Waals surface area contributed by atoms with Gasteiger partial charge in [-0.15, -0.1) is 0 Å². The Morgan fingerprint density at radius 2 is 2.19 bits per heavy atom. The Labute approximate surface area is 157 Å².